The molecule has 144 valence electrons. The molecule has 2 saturated carbocycles. The van der Waals surface area contributed by atoms with E-state index in [1.165, 1.54) is 5.56 Å². The molecule has 1 saturated heterocycles. The molecule has 6 heteroatoms. The Bertz CT molecular complexity index is 727. The minimum absolute atomic E-state index is 0.0195. The molecule has 1 aromatic carbocycles. The second-order valence-corrected chi connectivity index (χ2v) is 8.16. The zero-order chi connectivity index (χ0) is 19.0. The van der Waals surface area contributed by atoms with Crippen molar-refractivity contribution in [1.29, 1.82) is 0 Å². The first-order valence-electron chi connectivity index (χ1n) is 9.90. The van der Waals surface area contributed by atoms with Gasteiger partial charge in [0.1, 0.15) is 0 Å². The van der Waals surface area contributed by atoms with Crippen LogP contribution in [0.4, 0.5) is 0 Å². The zero-order valence-corrected chi connectivity index (χ0v) is 15.3. The Kier molecular flexibility index (Phi) is 4.89. The van der Waals surface area contributed by atoms with Crippen LogP contribution in [0.3, 0.4) is 0 Å². The number of nitrogens with zero attached hydrogens (tertiary/aromatic N) is 1. The van der Waals surface area contributed by atoms with Crippen LogP contribution in [0.25, 0.3) is 0 Å². The lowest BCUT2D eigenvalue weighted by Gasteiger charge is -2.26. The fraction of sp³-hybridized carbons (Fsp3) is 0.571. The minimum atomic E-state index is -0.761. The van der Waals surface area contributed by atoms with Crippen LogP contribution in [0.1, 0.15) is 50.0 Å². The largest absolute Gasteiger partial charge is 0.481 e. The third kappa shape index (κ3) is 3.84. The van der Waals surface area contributed by atoms with Crippen molar-refractivity contribution in [3.63, 3.8) is 0 Å². The number of carboxylic acid groups (broad SMARTS) is 1. The summed E-state index contributed by atoms with van der Waals surface area (Å²) < 4.78 is 0. The van der Waals surface area contributed by atoms with Crippen molar-refractivity contribution in [2.75, 3.05) is 6.54 Å². The molecule has 6 nitrogen and oxygen atoms in total. The van der Waals surface area contributed by atoms with Crippen molar-refractivity contribution in [2.24, 2.45) is 11.8 Å². The van der Waals surface area contributed by atoms with Crippen LogP contribution in [0, 0.1) is 11.8 Å². The van der Waals surface area contributed by atoms with E-state index in [1.807, 2.05) is 23.1 Å². The maximum atomic E-state index is 12.5. The van der Waals surface area contributed by atoms with Gasteiger partial charge >= 0.3 is 5.97 Å². The number of aliphatic carboxylic acids is 1. The number of hydrogen-bond donors (Lipinski definition) is 2. The van der Waals surface area contributed by atoms with E-state index in [4.69, 9.17) is 5.11 Å². The van der Waals surface area contributed by atoms with Gasteiger partial charge in [0.25, 0.3) is 0 Å². The monoisotopic (exact) mass is 370 g/mol. The fourth-order valence-corrected chi connectivity index (χ4v) is 4.65. The standard InChI is InChI=1S/C21H26N2O4/c24-19-10-16(22-20(25)14-6-8-15(9-7-14)21(26)27)12-23(19)18-11-17(18)13-4-2-1-3-5-13/h1-5,14-18H,6-12H2,(H,22,25)(H,26,27). The number of hydrogen-bond acceptors (Lipinski definition) is 3. The summed E-state index contributed by atoms with van der Waals surface area (Å²) in [6, 6.07) is 10.4. The average molecular weight is 370 g/mol. The third-order valence-corrected chi connectivity index (χ3v) is 6.34. The second-order valence-electron chi connectivity index (χ2n) is 8.16. The van der Waals surface area contributed by atoms with Crippen molar-refractivity contribution >= 4 is 17.8 Å². The molecule has 27 heavy (non-hydrogen) atoms. The predicted molar refractivity (Wildman–Crippen MR) is 98.9 cm³/mol. The number of likely N-dealkylation sites (tertiary alicyclic amines) is 1. The van der Waals surface area contributed by atoms with Crippen molar-refractivity contribution in [1.82, 2.24) is 10.2 Å². The molecule has 3 aliphatic rings. The summed E-state index contributed by atoms with van der Waals surface area (Å²) in [4.78, 5) is 37.9. The Morgan fingerprint density at radius 3 is 2.37 bits per heavy atom. The lowest BCUT2D eigenvalue weighted by atomic mass is 9.81. The fourth-order valence-electron chi connectivity index (χ4n) is 4.65. The number of nitrogens with one attached hydrogen (secondary N) is 1. The van der Waals surface area contributed by atoms with Gasteiger partial charge in [0.2, 0.25) is 11.8 Å². The molecule has 0 bridgehead atoms. The predicted octanol–water partition coefficient (Wildman–Crippen LogP) is 2.15. The molecule has 3 fully saturated rings. The SMILES string of the molecule is O=C(O)C1CCC(C(=O)NC2CC(=O)N(C3CC3c3ccccc3)C2)CC1. The van der Waals surface area contributed by atoms with Gasteiger partial charge in [-0.15, -0.1) is 0 Å². The van der Waals surface area contributed by atoms with E-state index in [2.05, 4.69) is 17.4 Å². The lowest BCUT2D eigenvalue weighted by molar-refractivity contribution is -0.144. The first kappa shape index (κ1) is 18.0. The number of rotatable bonds is 5. The Labute approximate surface area is 158 Å². The molecular weight excluding hydrogens is 344 g/mol. The van der Waals surface area contributed by atoms with E-state index < -0.39 is 5.97 Å². The Morgan fingerprint density at radius 2 is 1.70 bits per heavy atom. The van der Waals surface area contributed by atoms with E-state index in [9.17, 15) is 14.4 Å². The maximum absolute atomic E-state index is 12.5. The molecule has 3 unspecified atom stereocenters. The highest BCUT2D eigenvalue weighted by molar-refractivity contribution is 5.84. The summed E-state index contributed by atoms with van der Waals surface area (Å²) in [6.45, 7) is 0.586. The van der Waals surface area contributed by atoms with Crippen molar-refractivity contribution in [3.05, 3.63) is 35.9 Å². The average Bonchev–Trinajstić information content (AvgIpc) is 3.39. The summed E-state index contributed by atoms with van der Waals surface area (Å²) in [5, 5.41) is 12.1. The highest BCUT2D eigenvalue weighted by Crippen LogP contribution is 2.46. The molecule has 2 N–H and O–H groups in total. The quantitative estimate of drug-likeness (QED) is 0.831. The van der Waals surface area contributed by atoms with Crippen molar-refractivity contribution < 1.29 is 19.5 Å². The van der Waals surface area contributed by atoms with E-state index in [-0.39, 0.29) is 35.7 Å². The normalized spacial score (nSPS) is 33.0. The van der Waals surface area contributed by atoms with Crippen LogP contribution in [0.2, 0.25) is 0 Å². The maximum Gasteiger partial charge on any atom is 0.306 e. The summed E-state index contributed by atoms with van der Waals surface area (Å²) in [5.74, 6) is -0.684. The van der Waals surface area contributed by atoms with Gasteiger partial charge in [0.05, 0.1) is 12.0 Å². The first-order chi connectivity index (χ1) is 13.0. The summed E-state index contributed by atoms with van der Waals surface area (Å²) in [5.41, 5.74) is 1.28. The summed E-state index contributed by atoms with van der Waals surface area (Å²) >= 11 is 0. The molecule has 1 aliphatic heterocycles. The lowest BCUT2D eigenvalue weighted by Crippen LogP contribution is -2.42. The minimum Gasteiger partial charge on any atom is -0.481 e. The van der Waals surface area contributed by atoms with E-state index in [1.54, 1.807) is 0 Å². The van der Waals surface area contributed by atoms with Gasteiger partial charge in [0, 0.05) is 30.8 Å². The topological polar surface area (TPSA) is 86.7 Å². The van der Waals surface area contributed by atoms with Crippen LogP contribution in [-0.2, 0) is 14.4 Å². The number of carboxylic acids is 1. The van der Waals surface area contributed by atoms with Gasteiger partial charge in [0.15, 0.2) is 0 Å². The molecule has 2 aliphatic carbocycles. The first-order valence-corrected chi connectivity index (χ1v) is 9.90. The van der Waals surface area contributed by atoms with Gasteiger partial charge in [-0.1, -0.05) is 30.3 Å². The summed E-state index contributed by atoms with van der Waals surface area (Å²) in [7, 11) is 0. The molecule has 3 atom stereocenters. The molecule has 0 radical (unpaired) electrons. The van der Waals surface area contributed by atoms with E-state index in [0.29, 0.717) is 44.6 Å². The molecular formula is C21H26N2O4. The van der Waals surface area contributed by atoms with Crippen LogP contribution >= 0.6 is 0 Å². The highest BCUT2D eigenvalue weighted by atomic mass is 16.4. The van der Waals surface area contributed by atoms with Gasteiger partial charge < -0.3 is 15.3 Å². The number of carbonyl (C=O) groups excluding carboxylic acids is 2. The van der Waals surface area contributed by atoms with Crippen LogP contribution in [0.5, 0.6) is 0 Å². The Hall–Kier alpha value is -2.37. The molecule has 2 amide bonds. The van der Waals surface area contributed by atoms with Gasteiger partial charge in [-0.2, -0.15) is 0 Å². The number of benzene rings is 1. The summed E-state index contributed by atoms with van der Waals surface area (Å²) in [6.07, 6.45) is 3.72. The van der Waals surface area contributed by atoms with Crippen LogP contribution in [0.15, 0.2) is 30.3 Å². The highest BCUT2D eigenvalue weighted by Gasteiger charge is 2.48. The van der Waals surface area contributed by atoms with Crippen molar-refractivity contribution in [2.45, 2.75) is 56.5 Å². The van der Waals surface area contributed by atoms with Crippen LogP contribution < -0.4 is 5.32 Å². The zero-order valence-electron chi connectivity index (χ0n) is 15.3. The van der Waals surface area contributed by atoms with E-state index >= 15 is 0 Å². The Morgan fingerprint density at radius 1 is 1.04 bits per heavy atom. The molecule has 0 aromatic heterocycles. The van der Waals surface area contributed by atoms with Gasteiger partial charge in [-0.05, 0) is 37.7 Å². The van der Waals surface area contributed by atoms with E-state index in [0.717, 1.165) is 6.42 Å². The number of amides is 2. The molecule has 1 aromatic rings. The Balaban J connectivity index is 1.28. The van der Waals surface area contributed by atoms with Crippen LogP contribution in [-0.4, -0.2) is 46.4 Å². The van der Waals surface area contributed by atoms with Gasteiger partial charge in [-0.25, -0.2) is 0 Å². The van der Waals surface area contributed by atoms with Gasteiger partial charge in [-0.3, -0.25) is 14.4 Å². The molecule has 4 rings (SSSR count). The number of carbonyl (C=O) groups is 3. The molecule has 1 heterocycles. The molecule has 0 spiro atoms. The third-order valence-electron chi connectivity index (χ3n) is 6.34. The smallest absolute Gasteiger partial charge is 0.306 e. The second kappa shape index (κ2) is 7.33. The van der Waals surface area contributed by atoms with Crippen molar-refractivity contribution in [3.8, 4) is 0 Å².